The number of nitrogens with one attached hydrogen (secondary N) is 1. The average Bonchev–Trinajstić information content (AvgIpc) is 3.12. The first-order valence-electron chi connectivity index (χ1n) is 9.81. The summed E-state index contributed by atoms with van der Waals surface area (Å²) in [5.41, 5.74) is 3.06. The molecule has 0 radical (unpaired) electrons. The Hall–Kier alpha value is -2.27. The van der Waals surface area contributed by atoms with Gasteiger partial charge in [-0.25, -0.2) is 0 Å². The SMILES string of the molecule is COc1ccc(CCN2CCCC(CN(C)C(=O)c3cc[nH]c3C)C2)cc1. The van der Waals surface area contributed by atoms with Gasteiger partial charge in [0.1, 0.15) is 5.75 Å². The Morgan fingerprint density at radius 1 is 1.30 bits per heavy atom. The van der Waals surface area contributed by atoms with E-state index in [1.165, 1.54) is 18.4 Å². The molecule has 1 aliphatic rings. The van der Waals surface area contributed by atoms with Crippen LogP contribution in [0.25, 0.3) is 0 Å². The van der Waals surface area contributed by atoms with Crippen molar-refractivity contribution in [3.05, 3.63) is 53.3 Å². The topological polar surface area (TPSA) is 48.6 Å². The number of ether oxygens (including phenoxy) is 1. The summed E-state index contributed by atoms with van der Waals surface area (Å²) in [6, 6.07) is 10.2. The number of carbonyl (C=O) groups is 1. The third-order valence-corrected chi connectivity index (χ3v) is 5.54. The number of aromatic nitrogens is 1. The number of hydrogen-bond donors (Lipinski definition) is 1. The van der Waals surface area contributed by atoms with E-state index < -0.39 is 0 Å². The lowest BCUT2D eigenvalue weighted by Crippen LogP contribution is -2.42. The molecular weight excluding hydrogens is 338 g/mol. The highest BCUT2D eigenvalue weighted by molar-refractivity contribution is 5.95. The number of hydrogen-bond acceptors (Lipinski definition) is 3. The summed E-state index contributed by atoms with van der Waals surface area (Å²) in [6.45, 7) is 6.06. The molecule has 1 aromatic heterocycles. The molecule has 1 amide bonds. The fraction of sp³-hybridized carbons (Fsp3) is 0.500. The molecular formula is C22H31N3O2. The van der Waals surface area contributed by atoms with Crippen molar-refractivity contribution in [1.29, 1.82) is 0 Å². The van der Waals surface area contributed by atoms with Crippen molar-refractivity contribution >= 4 is 5.91 Å². The number of rotatable bonds is 7. The first-order valence-corrected chi connectivity index (χ1v) is 9.81. The van der Waals surface area contributed by atoms with Crippen LogP contribution in [-0.4, -0.2) is 61.0 Å². The molecule has 0 bridgehead atoms. The number of amides is 1. The second kappa shape index (κ2) is 9.09. The van der Waals surface area contributed by atoms with Crippen LogP contribution in [0, 0.1) is 12.8 Å². The monoisotopic (exact) mass is 369 g/mol. The van der Waals surface area contributed by atoms with E-state index in [0.717, 1.165) is 49.6 Å². The molecule has 1 aromatic carbocycles. The van der Waals surface area contributed by atoms with E-state index in [2.05, 4.69) is 22.0 Å². The van der Waals surface area contributed by atoms with Gasteiger partial charge in [0, 0.05) is 38.6 Å². The van der Waals surface area contributed by atoms with Gasteiger partial charge in [-0.3, -0.25) is 4.79 Å². The van der Waals surface area contributed by atoms with Crippen molar-refractivity contribution < 1.29 is 9.53 Å². The first kappa shape index (κ1) is 19.5. The zero-order valence-electron chi connectivity index (χ0n) is 16.7. The molecule has 1 fully saturated rings. The van der Waals surface area contributed by atoms with Crippen molar-refractivity contribution in [3.8, 4) is 5.75 Å². The van der Waals surface area contributed by atoms with Crippen LogP contribution in [0.4, 0.5) is 0 Å². The van der Waals surface area contributed by atoms with Gasteiger partial charge < -0.3 is 19.5 Å². The van der Waals surface area contributed by atoms with Gasteiger partial charge in [-0.1, -0.05) is 12.1 Å². The third-order valence-electron chi connectivity index (χ3n) is 5.54. The number of H-pyrrole nitrogens is 1. The summed E-state index contributed by atoms with van der Waals surface area (Å²) in [5.74, 6) is 1.56. The predicted octanol–water partition coefficient (Wildman–Crippen LogP) is 3.36. The van der Waals surface area contributed by atoms with Crippen molar-refractivity contribution in [3.63, 3.8) is 0 Å². The van der Waals surface area contributed by atoms with Crippen LogP contribution in [0.1, 0.15) is 34.5 Å². The van der Waals surface area contributed by atoms with E-state index in [-0.39, 0.29) is 5.91 Å². The second-order valence-corrected chi connectivity index (χ2v) is 7.61. The van der Waals surface area contributed by atoms with Gasteiger partial charge in [0.15, 0.2) is 0 Å². The maximum Gasteiger partial charge on any atom is 0.255 e. The van der Waals surface area contributed by atoms with Gasteiger partial charge in [-0.15, -0.1) is 0 Å². The Morgan fingerprint density at radius 3 is 2.74 bits per heavy atom. The third kappa shape index (κ3) is 5.13. The van der Waals surface area contributed by atoms with Gasteiger partial charge in [0.05, 0.1) is 12.7 Å². The predicted molar refractivity (Wildman–Crippen MR) is 108 cm³/mol. The van der Waals surface area contributed by atoms with Crippen LogP contribution < -0.4 is 4.74 Å². The summed E-state index contributed by atoms with van der Waals surface area (Å²) in [6.07, 6.45) is 5.28. The van der Waals surface area contributed by atoms with Crippen LogP contribution in [-0.2, 0) is 6.42 Å². The minimum atomic E-state index is 0.115. The summed E-state index contributed by atoms with van der Waals surface area (Å²) in [5, 5.41) is 0. The fourth-order valence-electron chi connectivity index (χ4n) is 3.94. The lowest BCUT2D eigenvalue weighted by molar-refractivity contribution is 0.0730. The Labute approximate surface area is 162 Å². The number of methoxy groups -OCH3 is 1. The largest absolute Gasteiger partial charge is 0.497 e. The minimum Gasteiger partial charge on any atom is -0.497 e. The van der Waals surface area contributed by atoms with Gasteiger partial charge in [0.25, 0.3) is 5.91 Å². The molecule has 5 nitrogen and oxygen atoms in total. The molecule has 2 heterocycles. The molecule has 0 saturated carbocycles. The normalized spacial score (nSPS) is 17.7. The smallest absolute Gasteiger partial charge is 0.255 e. The highest BCUT2D eigenvalue weighted by Crippen LogP contribution is 2.20. The van der Waals surface area contributed by atoms with Crippen molar-refractivity contribution in [1.82, 2.24) is 14.8 Å². The quantitative estimate of drug-likeness (QED) is 0.814. The molecule has 1 unspecified atom stereocenters. The highest BCUT2D eigenvalue weighted by Gasteiger charge is 2.23. The van der Waals surface area contributed by atoms with E-state index in [9.17, 15) is 4.79 Å². The number of nitrogens with zero attached hydrogens (tertiary/aromatic N) is 2. The van der Waals surface area contributed by atoms with E-state index in [1.54, 1.807) is 7.11 Å². The van der Waals surface area contributed by atoms with E-state index in [4.69, 9.17) is 4.74 Å². The van der Waals surface area contributed by atoms with Crippen molar-refractivity contribution in [2.75, 3.05) is 40.3 Å². The molecule has 0 aliphatic carbocycles. The van der Waals surface area contributed by atoms with Crippen LogP contribution in [0.2, 0.25) is 0 Å². The maximum absolute atomic E-state index is 12.6. The molecule has 2 aromatic rings. The molecule has 1 atom stereocenters. The molecule has 3 rings (SSSR count). The number of aryl methyl sites for hydroxylation is 1. The number of aromatic amines is 1. The Balaban J connectivity index is 1.48. The van der Waals surface area contributed by atoms with Gasteiger partial charge in [-0.2, -0.15) is 0 Å². The summed E-state index contributed by atoms with van der Waals surface area (Å²) in [7, 11) is 3.62. The lowest BCUT2D eigenvalue weighted by atomic mass is 9.96. The van der Waals surface area contributed by atoms with E-state index in [0.29, 0.717) is 5.92 Å². The fourth-order valence-corrected chi connectivity index (χ4v) is 3.94. The molecule has 1 N–H and O–H groups in total. The molecule has 5 heteroatoms. The minimum absolute atomic E-state index is 0.115. The van der Waals surface area contributed by atoms with Crippen LogP contribution in [0.5, 0.6) is 5.75 Å². The summed E-state index contributed by atoms with van der Waals surface area (Å²) >= 11 is 0. The number of likely N-dealkylation sites (tertiary alicyclic amines) is 1. The number of carbonyl (C=O) groups excluding carboxylic acids is 1. The zero-order chi connectivity index (χ0) is 19.2. The Bertz CT molecular complexity index is 738. The van der Waals surface area contributed by atoms with Crippen molar-refractivity contribution in [2.24, 2.45) is 5.92 Å². The zero-order valence-corrected chi connectivity index (χ0v) is 16.7. The standard InChI is InChI=1S/C22H31N3O2/c1-17-21(10-12-23-17)22(26)24(2)15-19-5-4-13-25(16-19)14-11-18-6-8-20(27-3)9-7-18/h6-10,12,19,23H,4-5,11,13-16H2,1-3H3. The number of benzene rings is 1. The molecule has 1 saturated heterocycles. The molecule has 27 heavy (non-hydrogen) atoms. The molecule has 0 spiro atoms. The van der Waals surface area contributed by atoms with E-state index in [1.807, 2.05) is 43.3 Å². The summed E-state index contributed by atoms with van der Waals surface area (Å²) < 4.78 is 5.22. The average molecular weight is 370 g/mol. The molecule has 1 aliphatic heterocycles. The van der Waals surface area contributed by atoms with Gasteiger partial charge in [-0.05, 0) is 62.4 Å². The van der Waals surface area contributed by atoms with Crippen LogP contribution in [0.3, 0.4) is 0 Å². The number of piperidine rings is 1. The Morgan fingerprint density at radius 2 is 2.07 bits per heavy atom. The highest BCUT2D eigenvalue weighted by atomic mass is 16.5. The van der Waals surface area contributed by atoms with Crippen molar-refractivity contribution in [2.45, 2.75) is 26.2 Å². The lowest BCUT2D eigenvalue weighted by Gasteiger charge is -2.34. The maximum atomic E-state index is 12.6. The van der Waals surface area contributed by atoms with Gasteiger partial charge in [0.2, 0.25) is 0 Å². The Kier molecular flexibility index (Phi) is 6.56. The van der Waals surface area contributed by atoms with Crippen LogP contribution >= 0.6 is 0 Å². The second-order valence-electron chi connectivity index (χ2n) is 7.61. The first-order chi connectivity index (χ1) is 13.1. The molecule has 146 valence electrons. The van der Waals surface area contributed by atoms with Crippen LogP contribution in [0.15, 0.2) is 36.5 Å². The van der Waals surface area contributed by atoms with E-state index >= 15 is 0 Å². The summed E-state index contributed by atoms with van der Waals surface area (Å²) in [4.78, 5) is 20.1. The van der Waals surface area contributed by atoms with Gasteiger partial charge >= 0.3 is 0 Å².